The van der Waals surface area contributed by atoms with Crippen molar-refractivity contribution in [2.24, 2.45) is 11.7 Å². The van der Waals surface area contributed by atoms with E-state index in [9.17, 15) is 0 Å². The van der Waals surface area contributed by atoms with Gasteiger partial charge in [-0.2, -0.15) is 0 Å². The molecule has 15 heavy (non-hydrogen) atoms. The summed E-state index contributed by atoms with van der Waals surface area (Å²) in [5.41, 5.74) is 5.61. The molecule has 1 aromatic rings. The second kappa shape index (κ2) is 6.22. The summed E-state index contributed by atoms with van der Waals surface area (Å²) in [6, 6.07) is 0. The van der Waals surface area contributed by atoms with Gasteiger partial charge < -0.3 is 10.6 Å². The van der Waals surface area contributed by atoms with E-state index in [1.165, 1.54) is 0 Å². The maximum absolute atomic E-state index is 5.61. The number of anilines is 1. The fourth-order valence-corrected chi connectivity index (χ4v) is 2.06. The lowest BCUT2D eigenvalue weighted by molar-refractivity contribution is 0.606. The molecule has 0 aliphatic carbocycles. The Hall–Kier alpha value is -0.430. The maximum atomic E-state index is 5.61. The van der Waals surface area contributed by atoms with E-state index in [2.05, 4.69) is 51.3 Å². The van der Waals surface area contributed by atoms with Crippen molar-refractivity contribution in [3.8, 4) is 0 Å². The Morgan fingerprint density at radius 3 is 2.80 bits per heavy atom. The van der Waals surface area contributed by atoms with Crippen molar-refractivity contribution in [1.29, 1.82) is 0 Å². The van der Waals surface area contributed by atoms with E-state index in [1.807, 2.05) is 6.20 Å². The van der Waals surface area contributed by atoms with Crippen LogP contribution in [0.15, 0.2) is 12.5 Å². The molecule has 0 aliphatic rings. The van der Waals surface area contributed by atoms with E-state index in [-0.39, 0.29) is 0 Å². The van der Waals surface area contributed by atoms with Crippen molar-refractivity contribution < 1.29 is 0 Å². The van der Waals surface area contributed by atoms with Gasteiger partial charge in [0, 0.05) is 25.8 Å². The zero-order valence-electron chi connectivity index (χ0n) is 9.15. The highest BCUT2D eigenvalue weighted by Crippen LogP contribution is 2.18. The van der Waals surface area contributed by atoms with Gasteiger partial charge in [0.2, 0.25) is 0 Å². The van der Waals surface area contributed by atoms with E-state index in [1.54, 1.807) is 6.33 Å². The van der Waals surface area contributed by atoms with Crippen molar-refractivity contribution in [3.05, 3.63) is 16.1 Å². The third-order valence-electron chi connectivity index (χ3n) is 1.93. The number of nitrogens with two attached hydrogens (primary N) is 1. The molecule has 0 saturated carbocycles. The third kappa shape index (κ3) is 3.90. The summed E-state index contributed by atoms with van der Waals surface area (Å²) in [7, 11) is 0. The molecule has 0 unspecified atom stereocenters. The Morgan fingerprint density at radius 1 is 1.53 bits per heavy atom. The molecule has 0 fully saturated rings. The minimum atomic E-state index is 0.599. The molecule has 0 saturated heterocycles. The number of aromatic nitrogens is 2. The second-order valence-corrected chi connectivity index (χ2v) is 4.99. The van der Waals surface area contributed by atoms with Crippen LogP contribution in [0.5, 0.6) is 0 Å². The van der Waals surface area contributed by atoms with Crippen LogP contribution in [0.3, 0.4) is 0 Å². The van der Waals surface area contributed by atoms with Crippen molar-refractivity contribution in [3.63, 3.8) is 0 Å². The summed E-state index contributed by atoms with van der Waals surface area (Å²) in [6.45, 7) is 6.84. The van der Waals surface area contributed by atoms with Gasteiger partial charge in [0.25, 0.3) is 0 Å². The Labute approximate surface area is 104 Å². The van der Waals surface area contributed by atoms with Gasteiger partial charge >= 0.3 is 0 Å². The first-order valence-corrected chi connectivity index (χ1v) is 6.13. The Morgan fingerprint density at radius 2 is 2.27 bits per heavy atom. The predicted molar refractivity (Wildman–Crippen MR) is 70.9 cm³/mol. The third-order valence-corrected chi connectivity index (χ3v) is 2.69. The number of rotatable bonds is 5. The van der Waals surface area contributed by atoms with E-state index < -0.39 is 0 Å². The highest BCUT2D eigenvalue weighted by atomic mass is 127. The molecule has 0 spiro atoms. The molecule has 4 nitrogen and oxygen atoms in total. The average Bonchev–Trinajstić information content (AvgIpc) is 2.17. The lowest BCUT2D eigenvalue weighted by atomic mass is 10.2. The second-order valence-electron chi connectivity index (χ2n) is 3.82. The van der Waals surface area contributed by atoms with Crippen LogP contribution in [0, 0.1) is 9.49 Å². The highest BCUT2D eigenvalue weighted by molar-refractivity contribution is 14.1. The molecule has 84 valence electrons. The van der Waals surface area contributed by atoms with Crippen LogP contribution in [0.2, 0.25) is 0 Å². The van der Waals surface area contributed by atoms with Gasteiger partial charge in [-0.3, -0.25) is 0 Å². The Bertz CT molecular complexity index is 303. The van der Waals surface area contributed by atoms with E-state index in [0.717, 1.165) is 22.5 Å². The number of hydrogen-bond donors (Lipinski definition) is 1. The van der Waals surface area contributed by atoms with Crippen molar-refractivity contribution >= 4 is 28.4 Å². The SMILES string of the molecule is CC(C)CN(CCN)c1ncncc1I. The summed E-state index contributed by atoms with van der Waals surface area (Å²) in [4.78, 5) is 10.5. The summed E-state index contributed by atoms with van der Waals surface area (Å²) >= 11 is 2.25. The molecule has 0 bridgehead atoms. The first-order chi connectivity index (χ1) is 7.15. The molecule has 0 radical (unpaired) electrons. The van der Waals surface area contributed by atoms with Crippen LogP contribution in [-0.4, -0.2) is 29.6 Å². The minimum Gasteiger partial charge on any atom is -0.354 e. The summed E-state index contributed by atoms with van der Waals surface area (Å²) in [5.74, 6) is 1.59. The average molecular weight is 320 g/mol. The molecule has 0 aliphatic heterocycles. The monoisotopic (exact) mass is 320 g/mol. The van der Waals surface area contributed by atoms with E-state index in [4.69, 9.17) is 5.73 Å². The number of nitrogens with zero attached hydrogens (tertiary/aromatic N) is 3. The lowest BCUT2D eigenvalue weighted by Crippen LogP contribution is -2.33. The molecular formula is C10H17IN4. The van der Waals surface area contributed by atoms with Crippen molar-refractivity contribution in [1.82, 2.24) is 9.97 Å². The lowest BCUT2D eigenvalue weighted by Gasteiger charge is -2.25. The quantitative estimate of drug-likeness (QED) is 0.836. The molecular weight excluding hydrogens is 303 g/mol. The van der Waals surface area contributed by atoms with Crippen molar-refractivity contribution in [2.45, 2.75) is 13.8 Å². The smallest absolute Gasteiger partial charge is 0.145 e. The fraction of sp³-hybridized carbons (Fsp3) is 0.600. The standard InChI is InChI=1S/C10H17IN4/c1-8(2)6-15(4-3-12)10-9(11)5-13-7-14-10/h5,7-8H,3-4,6,12H2,1-2H3. The topological polar surface area (TPSA) is 55.0 Å². The maximum Gasteiger partial charge on any atom is 0.145 e. The molecule has 1 heterocycles. The first kappa shape index (κ1) is 12.6. The van der Waals surface area contributed by atoms with Gasteiger partial charge in [-0.25, -0.2) is 9.97 Å². The van der Waals surface area contributed by atoms with Crippen LogP contribution in [-0.2, 0) is 0 Å². The van der Waals surface area contributed by atoms with Crippen LogP contribution in [0.4, 0.5) is 5.82 Å². The van der Waals surface area contributed by atoms with Gasteiger partial charge in [0.15, 0.2) is 0 Å². The molecule has 0 aromatic carbocycles. The summed E-state index contributed by atoms with van der Waals surface area (Å²) in [5, 5.41) is 0. The summed E-state index contributed by atoms with van der Waals surface area (Å²) < 4.78 is 1.07. The van der Waals surface area contributed by atoms with Gasteiger partial charge in [0.05, 0.1) is 3.57 Å². The van der Waals surface area contributed by atoms with Crippen molar-refractivity contribution in [2.75, 3.05) is 24.5 Å². The normalized spacial score (nSPS) is 10.7. The highest BCUT2D eigenvalue weighted by Gasteiger charge is 2.11. The van der Waals surface area contributed by atoms with Gasteiger partial charge in [-0.05, 0) is 28.5 Å². The predicted octanol–water partition coefficient (Wildman–Crippen LogP) is 1.50. The fourth-order valence-electron chi connectivity index (χ4n) is 1.42. The minimum absolute atomic E-state index is 0.599. The molecule has 0 amide bonds. The van der Waals surface area contributed by atoms with Crippen LogP contribution in [0.25, 0.3) is 0 Å². The van der Waals surface area contributed by atoms with E-state index >= 15 is 0 Å². The molecule has 2 N–H and O–H groups in total. The Balaban J connectivity index is 2.83. The molecule has 1 rings (SSSR count). The zero-order chi connectivity index (χ0) is 11.3. The number of halogens is 1. The van der Waals surface area contributed by atoms with Gasteiger partial charge in [0.1, 0.15) is 12.1 Å². The van der Waals surface area contributed by atoms with Crippen LogP contribution in [0.1, 0.15) is 13.8 Å². The number of hydrogen-bond acceptors (Lipinski definition) is 4. The first-order valence-electron chi connectivity index (χ1n) is 5.05. The molecule has 1 aromatic heterocycles. The van der Waals surface area contributed by atoms with Gasteiger partial charge in [-0.1, -0.05) is 13.8 Å². The summed E-state index contributed by atoms with van der Waals surface area (Å²) in [6.07, 6.45) is 3.41. The van der Waals surface area contributed by atoms with E-state index in [0.29, 0.717) is 12.5 Å². The molecule has 0 atom stereocenters. The van der Waals surface area contributed by atoms with Crippen LogP contribution < -0.4 is 10.6 Å². The molecule has 5 heteroatoms. The Kier molecular flexibility index (Phi) is 5.24. The largest absolute Gasteiger partial charge is 0.354 e. The van der Waals surface area contributed by atoms with Crippen LogP contribution >= 0.6 is 22.6 Å². The zero-order valence-corrected chi connectivity index (χ0v) is 11.3. The van der Waals surface area contributed by atoms with Gasteiger partial charge in [-0.15, -0.1) is 0 Å².